The maximum absolute atomic E-state index is 5.37. The van der Waals surface area contributed by atoms with Gasteiger partial charge in [0.25, 0.3) is 0 Å². The summed E-state index contributed by atoms with van der Waals surface area (Å²) in [5, 5.41) is 6.65. The van der Waals surface area contributed by atoms with Crippen molar-refractivity contribution >= 4 is 11.6 Å². The molecule has 2 rings (SSSR count). The lowest BCUT2D eigenvalue weighted by atomic mass is 10.2. The number of anilines is 1. The van der Waals surface area contributed by atoms with Crippen LogP contribution < -0.4 is 20.3 Å². The van der Waals surface area contributed by atoms with Gasteiger partial charge in [0.05, 0.1) is 7.11 Å². The normalized spacial score (nSPS) is 11.0. The molecule has 2 aromatic carbocycles. The second-order valence-corrected chi connectivity index (χ2v) is 5.42. The van der Waals surface area contributed by atoms with Crippen LogP contribution in [0, 0.1) is 0 Å². The molecule has 0 saturated heterocycles. The maximum Gasteiger partial charge on any atom is 0.191 e. The second kappa shape index (κ2) is 9.45. The van der Waals surface area contributed by atoms with Gasteiger partial charge in [-0.05, 0) is 18.2 Å². The number of hydrogen-bond acceptors (Lipinski definition) is 3. The van der Waals surface area contributed by atoms with Gasteiger partial charge in [-0.2, -0.15) is 0 Å². The molecule has 0 aromatic heterocycles. The molecule has 2 aromatic rings. The Bertz CT molecular complexity index is 643. The van der Waals surface area contributed by atoms with Gasteiger partial charge in [-0.1, -0.05) is 36.4 Å². The minimum atomic E-state index is 0.665. The average molecular weight is 326 g/mol. The van der Waals surface area contributed by atoms with Crippen molar-refractivity contribution in [1.82, 2.24) is 10.6 Å². The molecule has 0 spiro atoms. The summed E-state index contributed by atoms with van der Waals surface area (Å²) in [5.41, 5.74) is 2.31. The predicted molar refractivity (Wildman–Crippen MR) is 101 cm³/mol. The first-order valence-corrected chi connectivity index (χ1v) is 8.07. The molecule has 0 amide bonds. The number of para-hydroxylation sites is 2. The molecule has 5 heteroatoms. The van der Waals surface area contributed by atoms with E-state index in [9.17, 15) is 0 Å². The molecular formula is C19H26N4O. The summed E-state index contributed by atoms with van der Waals surface area (Å²) in [6.07, 6.45) is 0. The Morgan fingerprint density at radius 3 is 2.46 bits per heavy atom. The Hall–Kier alpha value is -2.69. The zero-order valence-electron chi connectivity index (χ0n) is 14.6. The number of rotatable bonds is 7. The van der Waals surface area contributed by atoms with Crippen molar-refractivity contribution in [3.8, 4) is 5.75 Å². The van der Waals surface area contributed by atoms with E-state index in [4.69, 9.17) is 4.74 Å². The van der Waals surface area contributed by atoms with Crippen molar-refractivity contribution in [2.75, 3.05) is 39.2 Å². The Morgan fingerprint density at radius 2 is 1.75 bits per heavy atom. The first-order valence-electron chi connectivity index (χ1n) is 8.07. The summed E-state index contributed by atoms with van der Waals surface area (Å²) in [4.78, 5) is 6.47. The quantitative estimate of drug-likeness (QED) is 0.606. The number of ether oxygens (including phenoxy) is 1. The minimum Gasteiger partial charge on any atom is -0.496 e. The number of methoxy groups -OCH3 is 1. The van der Waals surface area contributed by atoms with E-state index in [2.05, 4.69) is 39.7 Å². The van der Waals surface area contributed by atoms with E-state index >= 15 is 0 Å². The summed E-state index contributed by atoms with van der Waals surface area (Å²) in [6.45, 7) is 2.36. The van der Waals surface area contributed by atoms with Crippen LogP contribution in [0.15, 0.2) is 59.6 Å². The monoisotopic (exact) mass is 326 g/mol. The lowest BCUT2D eigenvalue weighted by Crippen LogP contribution is -2.40. The molecular weight excluding hydrogens is 300 g/mol. The lowest BCUT2D eigenvalue weighted by Gasteiger charge is -2.20. The Balaban J connectivity index is 1.78. The van der Waals surface area contributed by atoms with E-state index < -0.39 is 0 Å². The fourth-order valence-electron chi connectivity index (χ4n) is 2.40. The average Bonchev–Trinajstić information content (AvgIpc) is 2.65. The van der Waals surface area contributed by atoms with Crippen LogP contribution in [-0.4, -0.2) is 40.3 Å². The molecule has 0 fully saturated rings. The number of aliphatic imine (C=N–C) groups is 1. The standard InChI is InChI=1S/C19H26N4O/c1-20-19(22-15-16-9-7-8-12-18(16)24-3)21-13-14-23(2)17-10-5-4-6-11-17/h4-12H,13-15H2,1-3H3,(H2,20,21,22). The SMILES string of the molecule is CN=C(NCCN(C)c1ccccc1)NCc1ccccc1OC. The highest BCUT2D eigenvalue weighted by Crippen LogP contribution is 2.16. The van der Waals surface area contributed by atoms with E-state index in [-0.39, 0.29) is 0 Å². The highest BCUT2D eigenvalue weighted by atomic mass is 16.5. The Labute approximate surface area is 144 Å². The van der Waals surface area contributed by atoms with E-state index in [1.807, 2.05) is 42.5 Å². The van der Waals surface area contributed by atoms with Crippen LogP contribution in [0.4, 0.5) is 5.69 Å². The van der Waals surface area contributed by atoms with Crippen LogP contribution in [-0.2, 0) is 6.54 Å². The van der Waals surface area contributed by atoms with Gasteiger partial charge in [0, 0.05) is 45.0 Å². The molecule has 0 unspecified atom stereocenters. The second-order valence-electron chi connectivity index (χ2n) is 5.42. The fraction of sp³-hybridized carbons (Fsp3) is 0.316. The summed E-state index contributed by atoms with van der Waals surface area (Å²) in [7, 11) is 5.55. The first-order chi connectivity index (χ1) is 11.7. The summed E-state index contributed by atoms with van der Waals surface area (Å²) >= 11 is 0. The third-order valence-electron chi connectivity index (χ3n) is 3.80. The number of likely N-dealkylation sites (N-methyl/N-ethyl adjacent to an activating group) is 1. The number of guanidine groups is 1. The van der Waals surface area contributed by atoms with Crippen LogP contribution in [0.25, 0.3) is 0 Å². The molecule has 5 nitrogen and oxygen atoms in total. The Kier molecular flexibility index (Phi) is 6.95. The molecule has 0 saturated carbocycles. The van der Waals surface area contributed by atoms with E-state index in [1.54, 1.807) is 14.2 Å². The van der Waals surface area contributed by atoms with Gasteiger partial charge in [0.15, 0.2) is 5.96 Å². The topological polar surface area (TPSA) is 48.9 Å². The minimum absolute atomic E-state index is 0.665. The highest BCUT2D eigenvalue weighted by molar-refractivity contribution is 5.79. The summed E-state index contributed by atoms with van der Waals surface area (Å²) < 4.78 is 5.37. The van der Waals surface area contributed by atoms with E-state index in [0.29, 0.717) is 6.54 Å². The van der Waals surface area contributed by atoms with Crippen LogP contribution in [0.1, 0.15) is 5.56 Å². The highest BCUT2D eigenvalue weighted by Gasteiger charge is 2.04. The van der Waals surface area contributed by atoms with Crippen LogP contribution in [0.5, 0.6) is 5.75 Å². The van der Waals surface area contributed by atoms with Crippen molar-refractivity contribution in [2.45, 2.75) is 6.54 Å². The van der Waals surface area contributed by atoms with Crippen LogP contribution in [0.2, 0.25) is 0 Å². The predicted octanol–water partition coefficient (Wildman–Crippen LogP) is 2.50. The van der Waals surface area contributed by atoms with Crippen LogP contribution >= 0.6 is 0 Å². The third-order valence-corrected chi connectivity index (χ3v) is 3.80. The summed E-state index contributed by atoms with van der Waals surface area (Å²) in [5.74, 6) is 1.66. The van der Waals surface area contributed by atoms with E-state index in [1.165, 1.54) is 5.69 Å². The van der Waals surface area contributed by atoms with Crippen molar-refractivity contribution in [1.29, 1.82) is 0 Å². The van der Waals surface area contributed by atoms with Crippen molar-refractivity contribution in [3.05, 3.63) is 60.2 Å². The third kappa shape index (κ3) is 5.19. The molecule has 128 valence electrons. The van der Waals surface area contributed by atoms with E-state index in [0.717, 1.165) is 30.4 Å². The molecule has 0 heterocycles. The Morgan fingerprint density at radius 1 is 1.04 bits per heavy atom. The molecule has 24 heavy (non-hydrogen) atoms. The van der Waals surface area contributed by atoms with Gasteiger partial charge < -0.3 is 20.3 Å². The number of benzene rings is 2. The molecule has 0 atom stereocenters. The number of nitrogens with one attached hydrogen (secondary N) is 2. The lowest BCUT2D eigenvalue weighted by molar-refractivity contribution is 0.409. The molecule has 0 bridgehead atoms. The maximum atomic E-state index is 5.37. The van der Waals surface area contributed by atoms with Gasteiger partial charge in [-0.3, -0.25) is 4.99 Å². The van der Waals surface area contributed by atoms with Gasteiger partial charge >= 0.3 is 0 Å². The zero-order valence-corrected chi connectivity index (χ0v) is 14.6. The first kappa shape index (κ1) is 17.7. The van der Waals surface area contributed by atoms with Gasteiger partial charge in [0.1, 0.15) is 5.75 Å². The molecule has 0 aliphatic carbocycles. The zero-order chi connectivity index (χ0) is 17.2. The number of nitrogens with zero attached hydrogens (tertiary/aromatic N) is 2. The fourth-order valence-corrected chi connectivity index (χ4v) is 2.40. The molecule has 0 radical (unpaired) electrons. The number of hydrogen-bond donors (Lipinski definition) is 2. The van der Waals surface area contributed by atoms with Crippen LogP contribution in [0.3, 0.4) is 0 Å². The smallest absolute Gasteiger partial charge is 0.191 e. The van der Waals surface area contributed by atoms with Gasteiger partial charge in [0.2, 0.25) is 0 Å². The van der Waals surface area contributed by atoms with Gasteiger partial charge in [-0.25, -0.2) is 0 Å². The molecule has 0 aliphatic rings. The van der Waals surface area contributed by atoms with Crippen molar-refractivity contribution in [3.63, 3.8) is 0 Å². The largest absolute Gasteiger partial charge is 0.496 e. The molecule has 2 N–H and O–H groups in total. The summed E-state index contributed by atoms with van der Waals surface area (Å²) in [6, 6.07) is 18.3. The van der Waals surface area contributed by atoms with Crippen molar-refractivity contribution in [2.24, 2.45) is 4.99 Å². The van der Waals surface area contributed by atoms with Crippen molar-refractivity contribution < 1.29 is 4.74 Å². The van der Waals surface area contributed by atoms with Gasteiger partial charge in [-0.15, -0.1) is 0 Å². The molecule has 0 aliphatic heterocycles.